The van der Waals surface area contributed by atoms with Crippen LogP contribution in [0.4, 0.5) is 0 Å². The van der Waals surface area contributed by atoms with Crippen LogP contribution in [-0.4, -0.2) is 57.3 Å². The van der Waals surface area contributed by atoms with Gasteiger partial charge in [-0.15, -0.1) is 0 Å². The summed E-state index contributed by atoms with van der Waals surface area (Å²) in [6, 6.07) is 7.98. The lowest BCUT2D eigenvalue weighted by molar-refractivity contribution is -0.140. The maximum Gasteiger partial charge on any atom is 0.242 e. The Labute approximate surface area is 160 Å². The Morgan fingerprint density at radius 1 is 1.04 bits per heavy atom. The topological polar surface area (TPSA) is 58.4 Å². The van der Waals surface area contributed by atoms with Gasteiger partial charge in [0.25, 0.3) is 0 Å². The van der Waals surface area contributed by atoms with E-state index in [2.05, 4.69) is 11.9 Å². The highest BCUT2D eigenvalue weighted by molar-refractivity contribution is 5.82. The van der Waals surface area contributed by atoms with E-state index in [-0.39, 0.29) is 11.8 Å². The van der Waals surface area contributed by atoms with Crippen LogP contribution in [-0.2, 0) is 22.6 Å². The Kier molecular flexibility index (Phi) is 5.14. The van der Waals surface area contributed by atoms with Gasteiger partial charge in [-0.25, -0.2) is 4.98 Å². The van der Waals surface area contributed by atoms with Gasteiger partial charge in [0.05, 0.1) is 11.0 Å². The van der Waals surface area contributed by atoms with Gasteiger partial charge < -0.3 is 14.4 Å². The molecule has 0 saturated carbocycles. The predicted octanol–water partition coefficient (Wildman–Crippen LogP) is 2.46. The Morgan fingerprint density at radius 2 is 1.74 bits per heavy atom. The van der Waals surface area contributed by atoms with Crippen LogP contribution >= 0.6 is 0 Å². The number of para-hydroxylation sites is 2. The number of piperidine rings is 1. The van der Waals surface area contributed by atoms with Crippen LogP contribution in [0.15, 0.2) is 24.3 Å². The van der Waals surface area contributed by atoms with Crippen LogP contribution in [0.25, 0.3) is 11.0 Å². The molecule has 27 heavy (non-hydrogen) atoms. The summed E-state index contributed by atoms with van der Waals surface area (Å²) < 4.78 is 2.04. The smallest absolute Gasteiger partial charge is 0.242 e. The SMILES string of the molecule is CCc1nc2ccccc2n1CC(=O)N1CCC(C(=O)N2CCCC2)CC1. The van der Waals surface area contributed by atoms with E-state index in [0.717, 1.165) is 62.1 Å². The molecule has 1 aromatic carbocycles. The van der Waals surface area contributed by atoms with E-state index >= 15 is 0 Å². The van der Waals surface area contributed by atoms with E-state index in [1.54, 1.807) is 0 Å². The first-order chi connectivity index (χ1) is 13.2. The fourth-order valence-electron chi connectivity index (χ4n) is 4.38. The second-order valence-electron chi connectivity index (χ2n) is 7.64. The molecule has 2 aliphatic rings. The normalized spacial score (nSPS) is 18.4. The van der Waals surface area contributed by atoms with Crippen LogP contribution in [0.5, 0.6) is 0 Å². The number of aromatic nitrogens is 2. The van der Waals surface area contributed by atoms with Gasteiger partial charge in [-0.05, 0) is 37.8 Å². The van der Waals surface area contributed by atoms with Gasteiger partial charge in [-0.3, -0.25) is 9.59 Å². The first-order valence-electron chi connectivity index (χ1n) is 10.2. The highest BCUT2D eigenvalue weighted by Gasteiger charge is 2.31. The number of fused-ring (bicyclic) bond motifs is 1. The third-order valence-corrected chi connectivity index (χ3v) is 5.96. The summed E-state index contributed by atoms with van der Waals surface area (Å²) in [6.07, 6.45) is 4.62. The van der Waals surface area contributed by atoms with Crippen molar-refractivity contribution in [2.75, 3.05) is 26.2 Å². The molecule has 2 aliphatic heterocycles. The van der Waals surface area contributed by atoms with Crippen molar-refractivity contribution in [3.05, 3.63) is 30.1 Å². The van der Waals surface area contributed by atoms with Crippen molar-refractivity contribution in [2.45, 2.75) is 45.6 Å². The Bertz CT molecular complexity index is 830. The third kappa shape index (κ3) is 3.57. The lowest BCUT2D eigenvalue weighted by Crippen LogP contribution is -2.44. The molecule has 6 nitrogen and oxygen atoms in total. The Hall–Kier alpha value is -2.37. The molecule has 3 heterocycles. The van der Waals surface area contributed by atoms with E-state index in [0.29, 0.717) is 25.5 Å². The minimum atomic E-state index is 0.0902. The van der Waals surface area contributed by atoms with Crippen molar-refractivity contribution < 1.29 is 9.59 Å². The van der Waals surface area contributed by atoms with E-state index in [9.17, 15) is 9.59 Å². The van der Waals surface area contributed by atoms with Crippen molar-refractivity contribution in [3.63, 3.8) is 0 Å². The molecule has 1 aromatic heterocycles. The lowest BCUT2D eigenvalue weighted by Gasteiger charge is -2.33. The molecular formula is C21H28N4O2. The van der Waals surface area contributed by atoms with Gasteiger partial charge in [0.15, 0.2) is 0 Å². The monoisotopic (exact) mass is 368 g/mol. The number of carbonyl (C=O) groups excluding carboxylic acids is 2. The highest BCUT2D eigenvalue weighted by Crippen LogP contribution is 2.23. The van der Waals surface area contributed by atoms with Crippen molar-refractivity contribution in [3.8, 4) is 0 Å². The second-order valence-corrected chi connectivity index (χ2v) is 7.64. The van der Waals surface area contributed by atoms with Crippen molar-refractivity contribution in [2.24, 2.45) is 5.92 Å². The number of hydrogen-bond acceptors (Lipinski definition) is 3. The van der Waals surface area contributed by atoms with Crippen LogP contribution in [0, 0.1) is 5.92 Å². The molecule has 0 N–H and O–H groups in total. The largest absolute Gasteiger partial charge is 0.342 e. The summed E-state index contributed by atoms with van der Waals surface area (Å²) >= 11 is 0. The summed E-state index contributed by atoms with van der Waals surface area (Å²) in [6.45, 7) is 5.57. The van der Waals surface area contributed by atoms with Gasteiger partial charge in [0.2, 0.25) is 11.8 Å². The predicted molar refractivity (Wildman–Crippen MR) is 104 cm³/mol. The van der Waals surface area contributed by atoms with E-state index < -0.39 is 0 Å². The second kappa shape index (κ2) is 7.71. The van der Waals surface area contributed by atoms with Crippen LogP contribution in [0.3, 0.4) is 0 Å². The number of carbonyl (C=O) groups is 2. The van der Waals surface area contributed by atoms with E-state index in [1.807, 2.05) is 38.6 Å². The van der Waals surface area contributed by atoms with E-state index in [1.165, 1.54) is 0 Å². The van der Waals surface area contributed by atoms with Crippen molar-refractivity contribution >= 4 is 22.8 Å². The average molecular weight is 368 g/mol. The maximum absolute atomic E-state index is 12.9. The van der Waals surface area contributed by atoms with Gasteiger partial charge in [0.1, 0.15) is 12.4 Å². The number of benzene rings is 1. The minimum Gasteiger partial charge on any atom is -0.342 e. The summed E-state index contributed by atoms with van der Waals surface area (Å²) in [4.78, 5) is 34.0. The third-order valence-electron chi connectivity index (χ3n) is 5.96. The van der Waals surface area contributed by atoms with Gasteiger partial charge in [-0.1, -0.05) is 19.1 Å². The lowest BCUT2D eigenvalue weighted by atomic mass is 9.95. The van der Waals surface area contributed by atoms with Gasteiger partial charge in [-0.2, -0.15) is 0 Å². The fourth-order valence-corrected chi connectivity index (χ4v) is 4.38. The first-order valence-corrected chi connectivity index (χ1v) is 10.2. The summed E-state index contributed by atoms with van der Waals surface area (Å²) in [7, 11) is 0. The van der Waals surface area contributed by atoms with Gasteiger partial charge >= 0.3 is 0 Å². The molecule has 2 amide bonds. The van der Waals surface area contributed by atoms with E-state index in [4.69, 9.17) is 0 Å². The molecule has 144 valence electrons. The van der Waals surface area contributed by atoms with Crippen LogP contribution < -0.4 is 0 Å². The zero-order chi connectivity index (χ0) is 18.8. The van der Waals surface area contributed by atoms with Crippen LogP contribution in [0.1, 0.15) is 38.4 Å². The molecule has 0 spiro atoms. The number of nitrogens with zero attached hydrogens (tertiary/aromatic N) is 4. The average Bonchev–Trinajstić information content (AvgIpc) is 3.36. The number of hydrogen-bond donors (Lipinski definition) is 0. The maximum atomic E-state index is 12.9. The quantitative estimate of drug-likeness (QED) is 0.833. The summed E-state index contributed by atoms with van der Waals surface area (Å²) in [5.74, 6) is 1.46. The summed E-state index contributed by atoms with van der Waals surface area (Å²) in [5.41, 5.74) is 1.96. The summed E-state index contributed by atoms with van der Waals surface area (Å²) in [5, 5.41) is 0. The molecule has 0 aliphatic carbocycles. The highest BCUT2D eigenvalue weighted by atomic mass is 16.2. The fraction of sp³-hybridized carbons (Fsp3) is 0.571. The number of likely N-dealkylation sites (tertiary alicyclic amines) is 2. The standard InChI is InChI=1S/C21H28N4O2/c1-2-19-22-17-7-3-4-8-18(17)25(19)15-20(26)23-13-9-16(10-14-23)21(27)24-11-5-6-12-24/h3-4,7-8,16H,2,5-6,9-15H2,1H3. The Morgan fingerprint density at radius 3 is 2.44 bits per heavy atom. The number of rotatable bonds is 4. The zero-order valence-corrected chi connectivity index (χ0v) is 16.1. The molecular weight excluding hydrogens is 340 g/mol. The molecule has 4 rings (SSSR count). The van der Waals surface area contributed by atoms with Crippen molar-refractivity contribution in [1.82, 2.24) is 19.4 Å². The number of imidazole rings is 1. The van der Waals surface area contributed by atoms with Crippen molar-refractivity contribution in [1.29, 1.82) is 0 Å². The molecule has 2 saturated heterocycles. The molecule has 6 heteroatoms. The minimum absolute atomic E-state index is 0.0902. The first kappa shape index (κ1) is 18.0. The molecule has 0 radical (unpaired) electrons. The number of amides is 2. The number of aryl methyl sites for hydroxylation is 1. The molecule has 0 bridgehead atoms. The Balaban J connectivity index is 1.39. The van der Waals surface area contributed by atoms with Gasteiger partial charge in [0, 0.05) is 38.5 Å². The zero-order valence-electron chi connectivity index (χ0n) is 16.1. The molecule has 2 fully saturated rings. The molecule has 0 atom stereocenters. The molecule has 2 aromatic rings. The molecule has 0 unspecified atom stereocenters. The van der Waals surface area contributed by atoms with Crippen LogP contribution in [0.2, 0.25) is 0 Å².